The maximum Gasteiger partial charge on any atom is 0.330 e. The van der Waals surface area contributed by atoms with Crippen LogP contribution >= 0.6 is 0 Å². The minimum absolute atomic E-state index is 0.428. The van der Waals surface area contributed by atoms with Gasteiger partial charge in [0.05, 0.1) is 17.8 Å². The van der Waals surface area contributed by atoms with Crippen molar-refractivity contribution in [3.05, 3.63) is 114 Å². The molecule has 0 bridgehead atoms. The highest BCUT2D eigenvalue weighted by Crippen LogP contribution is 2.37. The van der Waals surface area contributed by atoms with Gasteiger partial charge in [-0.2, -0.15) is 0 Å². The van der Waals surface area contributed by atoms with Gasteiger partial charge in [-0.1, -0.05) is 59.2 Å². The summed E-state index contributed by atoms with van der Waals surface area (Å²) in [6.07, 6.45) is 5.86. The zero-order valence-corrected chi connectivity index (χ0v) is 41.2. The maximum atomic E-state index is 14.2. The number of ether oxygens (including phenoxy) is 12. The molecule has 0 aliphatic heterocycles. The molecule has 1 fully saturated rings. The van der Waals surface area contributed by atoms with Gasteiger partial charge in [0, 0.05) is 54.7 Å². The number of carbonyl (C=O) groups excluding carboxylic acids is 12. The lowest BCUT2D eigenvalue weighted by Crippen LogP contribution is -2.46. The zero-order valence-electron chi connectivity index (χ0n) is 41.2. The lowest BCUT2D eigenvalue weighted by atomic mass is 9.75. The van der Waals surface area contributed by atoms with Crippen LogP contribution in [0.15, 0.2) is 114 Å². The van der Waals surface area contributed by atoms with E-state index in [2.05, 4.69) is 59.2 Å². The summed E-state index contributed by atoms with van der Waals surface area (Å²) in [4.78, 5) is 153. The molecule has 408 valence electrons. The zero-order chi connectivity index (χ0) is 56.6. The van der Waals surface area contributed by atoms with E-state index in [-0.39, 0.29) is 0 Å². The molecule has 0 saturated heterocycles. The molecule has 0 radical (unpaired) electrons. The molecular weight excluding hydrogens is 997 g/mol. The monoisotopic (exact) mass is 1060 g/mol. The van der Waals surface area contributed by atoms with E-state index in [9.17, 15) is 57.5 Å². The average Bonchev–Trinajstić information content (AvgIpc) is 3.44. The Bertz CT molecular complexity index is 1790. The lowest BCUT2D eigenvalue weighted by molar-refractivity contribution is -0.171. The summed E-state index contributed by atoms with van der Waals surface area (Å²) in [6.45, 7) is 21.0. The summed E-state index contributed by atoms with van der Waals surface area (Å²) in [5.41, 5.74) is -5.45. The quantitative estimate of drug-likeness (QED) is 0.0493. The second-order valence-corrected chi connectivity index (χ2v) is 16.4. The smallest absolute Gasteiger partial charge is 0.330 e. The molecular formula is C51H60O24. The van der Waals surface area contributed by atoms with Crippen LogP contribution in [-0.4, -0.2) is 151 Å². The molecule has 0 aromatic carbocycles. The van der Waals surface area contributed by atoms with Gasteiger partial charge in [-0.05, 0) is 19.3 Å². The standard InChI is InChI=1S/C51H60O24/c1-10-37(52)64-22-49(23-65-38(53)11-2,24-66-39(54)12-3)31-73-46(61)34-19-35(47(62)74-32-50(25-67-40(55)13-4,26-68-41(56)14-5)27-69-42(57)15-6)21-36(20-34)48(63)75-33-51(28-70-43(58)16-7,29-71-44(59)17-8)30-72-45(60)18-9/h10-18,34-36H,1-9,19-33H2. The van der Waals surface area contributed by atoms with E-state index in [1.165, 1.54) is 0 Å². The van der Waals surface area contributed by atoms with E-state index in [1.807, 2.05) is 0 Å². The Morgan fingerprint density at radius 3 is 0.493 bits per heavy atom. The van der Waals surface area contributed by atoms with Crippen LogP contribution < -0.4 is 0 Å². The Balaban J connectivity index is 3.92. The topological polar surface area (TPSA) is 316 Å². The fourth-order valence-electron chi connectivity index (χ4n) is 6.22. The second kappa shape index (κ2) is 33.1. The van der Waals surface area contributed by atoms with E-state index in [0.717, 1.165) is 54.7 Å². The minimum atomic E-state index is -1.82. The van der Waals surface area contributed by atoms with Crippen molar-refractivity contribution in [2.75, 3.05) is 79.3 Å². The molecule has 24 nitrogen and oxygen atoms in total. The van der Waals surface area contributed by atoms with Crippen LogP contribution in [0.1, 0.15) is 19.3 Å². The lowest BCUT2D eigenvalue weighted by Gasteiger charge is -2.36. The molecule has 0 N–H and O–H groups in total. The highest BCUT2D eigenvalue weighted by atomic mass is 16.6. The number of hydrogen-bond acceptors (Lipinski definition) is 24. The van der Waals surface area contributed by atoms with E-state index >= 15 is 0 Å². The molecule has 0 aromatic rings. The van der Waals surface area contributed by atoms with Crippen LogP contribution in [0.4, 0.5) is 0 Å². The first kappa shape index (κ1) is 64.3. The Labute approximate surface area is 431 Å². The molecule has 0 spiro atoms. The van der Waals surface area contributed by atoms with Crippen molar-refractivity contribution >= 4 is 71.6 Å². The highest BCUT2D eigenvalue weighted by Gasteiger charge is 2.46. The van der Waals surface area contributed by atoms with Crippen molar-refractivity contribution in [2.24, 2.45) is 34.0 Å². The van der Waals surface area contributed by atoms with Crippen molar-refractivity contribution in [3.8, 4) is 0 Å². The summed E-state index contributed by atoms with van der Waals surface area (Å²) in [5.74, 6) is -16.4. The van der Waals surface area contributed by atoms with E-state index < -0.39 is 204 Å². The van der Waals surface area contributed by atoms with Gasteiger partial charge in [-0.15, -0.1) is 0 Å². The van der Waals surface area contributed by atoms with Gasteiger partial charge in [-0.25, -0.2) is 43.2 Å². The summed E-state index contributed by atoms with van der Waals surface area (Å²) in [5, 5.41) is 0. The van der Waals surface area contributed by atoms with Crippen LogP contribution in [0.3, 0.4) is 0 Å². The number of hydrogen-bond donors (Lipinski definition) is 0. The van der Waals surface area contributed by atoms with Gasteiger partial charge in [0.1, 0.15) is 95.5 Å². The molecule has 0 aromatic heterocycles. The minimum Gasteiger partial charge on any atom is -0.464 e. The van der Waals surface area contributed by atoms with Gasteiger partial charge >= 0.3 is 71.6 Å². The predicted molar refractivity (Wildman–Crippen MR) is 255 cm³/mol. The van der Waals surface area contributed by atoms with Crippen molar-refractivity contribution in [1.29, 1.82) is 0 Å². The largest absolute Gasteiger partial charge is 0.464 e. The van der Waals surface area contributed by atoms with Gasteiger partial charge < -0.3 is 56.8 Å². The Morgan fingerprint density at radius 2 is 0.373 bits per heavy atom. The first-order valence-electron chi connectivity index (χ1n) is 22.2. The van der Waals surface area contributed by atoms with Crippen molar-refractivity contribution in [1.82, 2.24) is 0 Å². The molecule has 0 heterocycles. The second-order valence-electron chi connectivity index (χ2n) is 16.4. The first-order chi connectivity index (χ1) is 35.6. The fraction of sp³-hybridized carbons (Fsp3) is 0.412. The summed E-state index contributed by atoms with van der Waals surface area (Å²) in [7, 11) is 0. The van der Waals surface area contributed by atoms with Gasteiger partial charge in [-0.3, -0.25) is 14.4 Å². The van der Waals surface area contributed by atoms with E-state index in [0.29, 0.717) is 0 Å². The molecule has 24 heteroatoms. The van der Waals surface area contributed by atoms with Gasteiger partial charge in [0.15, 0.2) is 0 Å². The molecule has 0 amide bonds. The Hall–Kier alpha value is -8.70. The van der Waals surface area contributed by atoms with Crippen LogP contribution in [0.2, 0.25) is 0 Å². The number of rotatable bonds is 36. The molecule has 75 heavy (non-hydrogen) atoms. The third kappa shape index (κ3) is 23.6. The number of carbonyl (C=O) groups is 12. The van der Waals surface area contributed by atoms with Crippen LogP contribution in [-0.2, 0) is 114 Å². The van der Waals surface area contributed by atoms with Crippen molar-refractivity contribution in [2.45, 2.75) is 19.3 Å². The van der Waals surface area contributed by atoms with Crippen molar-refractivity contribution < 1.29 is 114 Å². The third-order valence-corrected chi connectivity index (χ3v) is 10.5. The molecule has 1 aliphatic carbocycles. The molecule has 1 saturated carbocycles. The third-order valence-electron chi connectivity index (χ3n) is 10.5. The van der Waals surface area contributed by atoms with E-state index in [1.54, 1.807) is 0 Å². The number of esters is 12. The molecule has 0 unspecified atom stereocenters. The van der Waals surface area contributed by atoms with Crippen LogP contribution in [0.5, 0.6) is 0 Å². The summed E-state index contributed by atoms with van der Waals surface area (Å²) >= 11 is 0. The maximum absolute atomic E-state index is 14.2. The molecule has 1 aliphatic rings. The highest BCUT2D eigenvalue weighted by molar-refractivity contribution is 5.85. The molecule has 0 atom stereocenters. The summed E-state index contributed by atoms with van der Waals surface area (Å²) < 4.78 is 63.8. The van der Waals surface area contributed by atoms with Crippen LogP contribution in [0.25, 0.3) is 0 Å². The fourth-order valence-corrected chi connectivity index (χ4v) is 6.22. The van der Waals surface area contributed by atoms with Gasteiger partial charge in [0.2, 0.25) is 0 Å². The normalized spacial score (nSPS) is 14.8. The Morgan fingerprint density at radius 1 is 0.253 bits per heavy atom. The SMILES string of the molecule is C=CC(=O)OCC(COC(=O)C=C)(COC(=O)C=C)COC(=O)C1CC(C(=O)OCC(COC(=O)C=C)(COC(=O)C=C)COC(=O)C=C)CC(C(=O)OCC(COC(=O)C=C)(COC(=O)C=C)COC(=O)C=C)C1. The first-order valence-corrected chi connectivity index (χ1v) is 22.2. The van der Waals surface area contributed by atoms with E-state index in [4.69, 9.17) is 56.8 Å². The van der Waals surface area contributed by atoms with Gasteiger partial charge in [0.25, 0.3) is 0 Å². The van der Waals surface area contributed by atoms with Crippen molar-refractivity contribution in [3.63, 3.8) is 0 Å². The summed E-state index contributed by atoms with van der Waals surface area (Å²) in [6, 6.07) is 0. The molecule has 1 rings (SSSR count). The van der Waals surface area contributed by atoms with Crippen LogP contribution in [0, 0.1) is 34.0 Å². The predicted octanol–water partition coefficient (Wildman–Crippen LogP) is 2.17. The average molecular weight is 1060 g/mol. The Kier molecular flexibility index (Phi) is 28.4.